The standard InChI is InChI=1S/C24H33N3O3/c1-18-5-10-23(19(2)17-18)25-24(28)20(3)27-13-11-26(12-14-27)15-16-30-22-8-6-21(29-4)7-9-22/h5-10,17,20H,11-16H2,1-4H3,(H,25,28)/p+2/t20-/m1/s1. The predicted octanol–water partition coefficient (Wildman–Crippen LogP) is 0.501. The summed E-state index contributed by atoms with van der Waals surface area (Å²) in [5, 5.41) is 3.11. The summed E-state index contributed by atoms with van der Waals surface area (Å²) >= 11 is 0. The maximum absolute atomic E-state index is 12.7. The highest BCUT2D eigenvalue weighted by atomic mass is 16.5. The molecule has 1 amide bonds. The van der Waals surface area contributed by atoms with Crippen LogP contribution in [0.2, 0.25) is 0 Å². The molecule has 0 aliphatic carbocycles. The van der Waals surface area contributed by atoms with Crippen LogP contribution in [-0.2, 0) is 4.79 Å². The van der Waals surface area contributed by atoms with E-state index < -0.39 is 0 Å². The zero-order valence-electron chi connectivity index (χ0n) is 18.6. The second-order valence-corrected chi connectivity index (χ2v) is 8.21. The zero-order chi connectivity index (χ0) is 21.5. The quantitative estimate of drug-likeness (QED) is 0.591. The molecule has 0 spiro atoms. The predicted molar refractivity (Wildman–Crippen MR) is 119 cm³/mol. The second kappa shape index (κ2) is 10.5. The number of amides is 1. The molecular weight excluding hydrogens is 378 g/mol. The van der Waals surface area contributed by atoms with Crippen LogP contribution in [0, 0.1) is 13.8 Å². The second-order valence-electron chi connectivity index (χ2n) is 8.21. The molecule has 3 rings (SSSR count). The minimum absolute atomic E-state index is 0.0530. The first kappa shape index (κ1) is 22.1. The fourth-order valence-electron chi connectivity index (χ4n) is 3.97. The summed E-state index contributed by atoms with van der Waals surface area (Å²) in [7, 11) is 1.66. The number of rotatable bonds is 8. The average Bonchev–Trinajstić information content (AvgIpc) is 2.76. The number of piperazine rings is 1. The van der Waals surface area contributed by atoms with E-state index >= 15 is 0 Å². The van der Waals surface area contributed by atoms with Crippen molar-refractivity contribution in [3.05, 3.63) is 53.6 Å². The zero-order valence-corrected chi connectivity index (χ0v) is 18.6. The van der Waals surface area contributed by atoms with Crippen LogP contribution >= 0.6 is 0 Å². The number of nitrogens with one attached hydrogen (secondary N) is 3. The van der Waals surface area contributed by atoms with Crippen LogP contribution in [0.25, 0.3) is 0 Å². The molecule has 30 heavy (non-hydrogen) atoms. The van der Waals surface area contributed by atoms with Crippen LogP contribution in [0.5, 0.6) is 11.5 Å². The van der Waals surface area contributed by atoms with Gasteiger partial charge in [-0.05, 0) is 56.7 Å². The molecule has 0 saturated carbocycles. The molecule has 2 aromatic rings. The van der Waals surface area contributed by atoms with E-state index in [1.165, 1.54) is 15.4 Å². The molecule has 1 aliphatic rings. The minimum Gasteiger partial charge on any atom is -0.497 e. The van der Waals surface area contributed by atoms with Gasteiger partial charge in [0.1, 0.15) is 50.8 Å². The number of aryl methyl sites for hydroxylation is 2. The molecular formula is C24H35N3O3+2. The van der Waals surface area contributed by atoms with Crippen LogP contribution in [0.3, 0.4) is 0 Å². The van der Waals surface area contributed by atoms with Gasteiger partial charge in [0.05, 0.1) is 7.11 Å². The number of quaternary nitrogens is 2. The molecule has 6 heteroatoms. The lowest BCUT2D eigenvalue weighted by atomic mass is 10.1. The van der Waals surface area contributed by atoms with Gasteiger partial charge >= 0.3 is 0 Å². The number of ether oxygens (including phenoxy) is 2. The maximum Gasteiger partial charge on any atom is 0.282 e. The van der Waals surface area contributed by atoms with Crippen molar-refractivity contribution in [2.45, 2.75) is 26.8 Å². The molecule has 2 aromatic carbocycles. The third-order valence-electron chi connectivity index (χ3n) is 6.03. The summed E-state index contributed by atoms with van der Waals surface area (Å²) in [6, 6.07) is 13.8. The lowest BCUT2D eigenvalue weighted by molar-refractivity contribution is -1.02. The van der Waals surface area contributed by atoms with Crippen molar-refractivity contribution in [3.63, 3.8) is 0 Å². The Bertz CT molecular complexity index is 830. The molecule has 6 nitrogen and oxygen atoms in total. The van der Waals surface area contributed by atoms with E-state index in [0.29, 0.717) is 6.61 Å². The Labute approximate surface area is 179 Å². The van der Waals surface area contributed by atoms with E-state index in [9.17, 15) is 4.79 Å². The summed E-state index contributed by atoms with van der Waals surface area (Å²) in [6.45, 7) is 11.9. The van der Waals surface area contributed by atoms with E-state index in [-0.39, 0.29) is 11.9 Å². The van der Waals surface area contributed by atoms with E-state index in [1.807, 2.05) is 50.2 Å². The topological polar surface area (TPSA) is 56.4 Å². The van der Waals surface area contributed by atoms with Crippen LogP contribution in [0.1, 0.15) is 18.1 Å². The number of hydrogen-bond donors (Lipinski definition) is 3. The number of hydrogen-bond acceptors (Lipinski definition) is 3. The smallest absolute Gasteiger partial charge is 0.282 e. The third-order valence-corrected chi connectivity index (χ3v) is 6.03. The van der Waals surface area contributed by atoms with Crippen molar-refractivity contribution in [2.24, 2.45) is 0 Å². The molecule has 0 unspecified atom stereocenters. The van der Waals surface area contributed by atoms with Crippen molar-refractivity contribution >= 4 is 11.6 Å². The Morgan fingerprint density at radius 1 is 1.03 bits per heavy atom. The number of carbonyl (C=O) groups is 1. The molecule has 162 valence electrons. The Hall–Kier alpha value is -2.57. The summed E-state index contributed by atoms with van der Waals surface area (Å²) in [4.78, 5) is 15.6. The van der Waals surface area contributed by atoms with Crippen molar-refractivity contribution < 1.29 is 24.1 Å². The van der Waals surface area contributed by atoms with E-state index in [2.05, 4.69) is 18.3 Å². The Balaban J connectivity index is 1.40. The van der Waals surface area contributed by atoms with Crippen LogP contribution in [0.4, 0.5) is 5.69 Å². The largest absolute Gasteiger partial charge is 0.497 e. The van der Waals surface area contributed by atoms with Gasteiger partial charge < -0.3 is 24.6 Å². The summed E-state index contributed by atoms with van der Waals surface area (Å²) in [5.41, 5.74) is 3.23. The molecule has 3 N–H and O–H groups in total. The summed E-state index contributed by atoms with van der Waals surface area (Å²) in [6.07, 6.45) is 0. The van der Waals surface area contributed by atoms with Gasteiger partial charge in [0.25, 0.3) is 5.91 Å². The van der Waals surface area contributed by atoms with Gasteiger partial charge in [-0.3, -0.25) is 4.79 Å². The van der Waals surface area contributed by atoms with Gasteiger partial charge in [-0.15, -0.1) is 0 Å². The van der Waals surface area contributed by atoms with Crippen molar-refractivity contribution in [1.82, 2.24) is 0 Å². The monoisotopic (exact) mass is 413 g/mol. The highest BCUT2D eigenvalue weighted by Gasteiger charge is 2.31. The molecule has 0 radical (unpaired) electrons. The van der Waals surface area contributed by atoms with E-state index in [0.717, 1.165) is 55.5 Å². The molecule has 1 aliphatic heterocycles. The van der Waals surface area contributed by atoms with Crippen LogP contribution in [0.15, 0.2) is 42.5 Å². The Kier molecular flexibility index (Phi) is 7.71. The minimum atomic E-state index is -0.0530. The number of anilines is 1. The highest BCUT2D eigenvalue weighted by Crippen LogP contribution is 2.17. The van der Waals surface area contributed by atoms with Gasteiger partial charge in [-0.1, -0.05) is 17.7 Å². The molecule has 1 atom stereocenters. The lowest BCUT2D eigenvalue weighted by Gasteiger charge is -2.32. The lowest BCUT2D eigenvalue weighted by Crippen LogP contribution is -3.30. The maximum atomic E-state index is 12.7. The first-order valence-electron chi connectivity index (χ1n) is 10.8. The molecule has 1 saturated heterocycles. The van der Waals surface area contributed by atoms with Gasteiger partial charge in [0.2, 0.25) is 0 Å². The van der Waals surface area contributed by atoms with Gasteiger partial charge in [0.15, 0.2) is 6.04 Å². The number of benzene rings is 2. The van der Waals surface area contributed by atoms with Crippen molar-refractivity contribution in [1.29, 1.82) is 0 Å². The van der Waals surface area contributed by atoms with E-state index in [1.54, 1.807) is 7.11 Å². The number of methoxy groups -OCH3 is 1. The first-order valence-corrected chi connectivity index (χ1v) is 10.8. The molecule has 0 bridgehead atoms. The summed E-state index contributed by atoms with van der Waals surface area (Å²) in [5.74, 6) is 1.81. The normalized spacial score (nSPS) is 19.7. The SMILES string of the molecule is COc1ccc(OCC[NH+]2CC[NH+]([C@H](C)C(=O)Nc3ccc(C)cc3C)CC2)cc1. The summed E-state index contributed by atoms with van der Waals surface area (Å²) < 4.78 is 11.0. The molecule has 0 aromatic heterocycles. The van der Waals surface area contributed by atoms with Gasteiger partial charge in [0, 0.05) is 5.69 Å². The molecule has 1 fully saturated rings. The van der Waals surface area contributed by atoms with E-state index in [4.69, 9.17) is 9.47 Å². The van der Waals surface area contributed by atoms with Crippen molar-refractivity contribution in [3.8, 4) is 11.5 Å². The van der Waals surface area contributed by atoms with Crippen molar-refractivity contribution in [2.75, 3.05) is 51.8 Å². The highest BCUT2D eigenvalue weighted by molar-refractivity contribution is 5.94. The van der Waals surface area contributed by atoms with Crippen LogP contribution in [-0.4, -0.2) is 58.4 Å². The number of carbonyl (C=O) groups excluding carboxylic acids is 1. The fourth-order valence-corrected chi connectivity index (χ4v) is 3.97. The Morgan fingerprint density at radius 3 is 2.33 bits per heavy atom. The van der Waals surface area contributed by atoms with Gasteiger partial charge in [-0.2, -0.15) is 0 Å². The first-order chi connectivity index (χ1) is 14.5. The fraction of sp³-hybridized carbons (Fsp3) is 0.458. The average molecular weight is 414 g/mol. The molecule has 1 heterocycles. The van der Waals surface area contributed by atoms with Gasteiger partial charge in [-0.25, -0.2) is 0 Å². The van der Waals surface area contributed by atoms with Crippen LogP contribution < -0.4 is 24.6 Å². The third kappa shape index (κ3) is 5.97. The Morgan fingerprint density at radius 2 is 1.70 bits per heavy atom.